The van der Waals surface area contributed by atoms with Gasteiger partial charge < -0.3 is 13.9 Å². The average molecular weight is 334 g/mol. The fraction of sp³-hybridized carbons (Fsp3) is 0.350. The Morgan fingerprint density at radius 2 is 1.76 bits per heavy atom. The minimum atomic E-state index is -0.351. The molecule has 1 aromatic carbocycles. The third kappa shape index (κ3) is 2.59. The summed E-state index contributed by atoms with van der Waals surface area (Å²) in [7, 11) is 1.72. The molecule has 0 aliphatic carbocycles. The quantitative estimate of drug-likeness (QED) is 0.673. The van der Waals surface area contributed by atoms with Crippen molar-refractivity contribution < 1.29 is 9.31 Å². The maximum absolute atomic E-state index is 6.21. The van der Waals surface area contributed by atoms with Gasteiger partial charge in [-0.25, -0.2) is 0 Å². The van der Waals surface area contributed by atoms with Gasteiger partial charge in [0.2, 0.25) is 0 Å². The lowest BCUT2D eigenvalue weighted by atomic mass is 9.78. The Bertz CT molecular complexity index is 916. The zero-order valence-corrected chi connectivity index (χ0v) is 15.4. The second-order valence-electron chi connectivity index (χ2n) is 7.76. The van der Waals surface area contributed by atoms with Gasteiger partial charge in [0.1, 0.15) is 0 Å². The number of rotatable bonds is 2. The minimum absolute atomic E-state index is 0.338. The molecule has 0 amide bonds. The molecule has 4 rings (SSSR count). The molecule has 4 nitrogen and oxygen atoms in total. The van der Waals surface area contributed by atoms with Gasteiger partial charge in [-0.2, -0.15) is 0 Å². The summed E-state index contributed by atoms with van der Waals surface area (Å²) < 4.78 is 14.6. The maximum Gasteiger partial charge on any atom is 0.494 e. The van der Waals surface area contributed by atoms with Crippen LogP contribution in [0.5, 0.6) is 0 Å². The highest BCUT2D eigenvalue weighted by Crippen LogP contribution is 2.37. The molecule has 2 aromatic heterocycles. The van der Waals surface area contributed by atoms with E-state index in [0.717, 1.165) is 11.0 Å². The third-order valence-electron chi connectivity index (χ3n) is 5.51. The number of aromatic nitrogens is 2. The molecule has 3 aromatic rings. The highest BCUT2D eigenvalue weighted by molar-refractivity contribution is 6.62. The van der Waals surface area contributed by atoms with Crippen molar-refractivity contribution in [3.05, 3.63) is 48.9 Å². The van der Waals surface area contributed by atoms with Crippen molar-refractivity contribution in [2.24, 2.45) is 7.05 Å². The molecular formula is C20H23BN2O2. The van der Waals surface area contributed by atoms with Gasteiger partial charge in [-0.3, -0.25) is 4.98 Å². The van der Waals surface area contributed by atoms with Crippen LogP contribution in [0.4, 0.5) is 0 Å². The zero-order chi connectivity index (χ0) is 17.8. The number of hydrogen-bond acceptors (Lipinski definition) is 3. The van der Waals surface area contributed by atoms with Crippen LogP contribution in [-0.4, -0.2) is 27.9 Å². The molecule has 0 N–H and O–H groups in total. The number of aryl methyl sites for hydroxylation is 1. The van der Waals surface area contributed by atoms with E-state index in [1.165, 1.54) is 16.5 Å². The molecule has 0 atom stereocenters. The van der Waals surface area contributed by atoms with Crippen LogP contribution in [0, 0.1) is 0 Å². The van der Waals surface area contributed by atoms with Crippen molar-refractivity contribution in [2.45, 2.75) is 38.9 Å². The maximum atomic E-state index is 6.21. The highest BCUT2D eigenvalue weighted by atomic mass is 16.7. The monoisotopic (exact) mass is 334 g/mol. The van der Waals surface area contributed by atoms with E-state index in [0.29, 0.717) is 0 Å². The molecule has 1 aliphatic rings. The Kier molecular flexibility index (Phi) is 3.57. The first-order chi connectivity index (χ1) is 11.8. The lowest BCUT2D eigenvalue weighted by Gasteiger charge is -2.32. The Morgan fingerprint density at radius 3 is 2.40 bits per heavy atom. The van der Waals surface area contributed by atoms with Gasteiger partial charge >= 0.3 is 7.12 Å². The fourth-order valence-corrected chi connectivity index (χ4v) is 3.29. The van der Waals surface area contributed by atoms with Crippen molar-refractivity contribution >= 4 is 23.5 Å². The highest BCUT2D eigenvalue weighted by Gasteiger charge is 2.51. The second kappa shape index (κ2) is 5.45. The van der Waals surface area contributed by atoms with Gasteiger partial charge in [0, 0.05) is 47.7 Å². The molecule has 3 heterocycles. The lowest BCUT2D eigenvalue weighted by molar-refractivity contribution is 0.00578. The van der Waals surface area contributed by atoms with Crippen LogP contribution in [0.25, 0.3) is 22.0 Å². The molecule has 1 fully saturated rings. The Labute approximate surface area is 148 Å². The van der Waals surface area contributed by atoms with Crippen molar-refractivity contribution in [1.29, 1.82) is 0 Å². The number of fused-ring (bicyclic) bond motifs is 1. The van der Waals surface area contributed by atoms with Crippen LogP contribution in [0.2, 0.25) is 0 Å². The normalized spacial score (nSPS) is 18.8. The van der Waals surface area contributed by atoms with E-state index < -0.39 is 0 Å². The smallest absolute Gasteiger partial charge is 0.399 e. The molecule has 25 heavy (non-hydrogen) atoms. The second-order valence-corrected chi connectivity index (χ2v) is 7.76. The first-order valence-electron chi connectivity index (χ1n) is 8.63. The van der Waals surface area contributed by atoms with Crippen LogP contribution in [-0.2, 0) is 16.4 Å². The van der Waals surface area contributed by atoms with Crippen molar-refractivity contribution in [3.8, 4) is 11.1 Å². The SMILES string of the molecule is Cn1cc(-c2cccnc2)c2cc(B3OC(C)(C)C(C)(C)O3)ccc21. The molecule has 0 saturated carbocycles. The fourth-order valence-electron chi connectivity index (χ4n) is 3.29. The van der Waals surface area contributed by atoms with Crippen LogP contribution in [0.3, 0.4) is 0 Å². The van der Waals surface area contributed by atoms with Gasteiger partial charge in [-0.05, 0) is 45.3 Å². The average Bonchev–Trinajstić information content (AvgIpc) is 3.01. The van der Waals surface area contributed by atoms with Crippen molar-refractivity contribution in [2.75, 3.05) is 0 Å². The predicted molar refractivity (Wildman–Crippen MR) is 102 cm³/mol. The molecule has 0 spiro atoms. The summed E-state index contributed by atoms with van der Waals surface area (Å²) >= 11 is 0. The molecular weight excluding hydrogens is 311 g/mol. The predicted octanol–water partition coefficient (Wildman–Crippen LogP) is 3.54. The first kappa shape index (κ1) is 16.4. The van der Waals surface area contributed by atoms with Gasteiger partial charge in [0.15, 0.2) is 0 Å². The van der Waals surface area contributed by atoms with Crippen molar-refractivity contribution in [3.63, 3.8) is 0 Å². The Hall–Kier alpha value is -2.11. The van der Waals surface area contributed by atoms with Gasteiger partial charge in [0.25, 0.3) is 0 Å². The van der Waals surface area contributed by atoms with E-state index in [4.69, 9.17) is 9.31 Å². The largest absolute Gasteiger partial charge is 0.494 e. The van der Waals surface area contributed by atoms with Crippen LogP contribution in [0.15, 0.2) is 48.9 Å². The minimum Gasteiger partial charge on any atom is -0.399 e. The summed E-state index contributed by atoms with van der Waals surface area (Å²) in [6.07, 6.45) is 5.84. The summed E-state index contributed by atoms with van der Waals surface area (Å²) in [6.45, 7) is 8.31. The molecule has 128 valence electrons. The molecule has 0 unspecified atom stereocenters. The van der Waals surface area contributed by atoms with Crippen LogP contribution in [0.1, 0.15) is 27.7 Å². The Balaban J connectivity index is 1.81. The molecule has 0 bridgehead atoms. The van der Waals surface area contributed by atoms with E-state index in [9.17, 15) is 0 Å². The first-order valence-corrected chi connectivity index (χ1v) is 8.63. The summed E-state index contributed by atoms with van der Waals surface area (Å²) in [5.41, 5.74) is 3.83. The molecule has 5 heteroatoms. The number of nitrogens with zero attached hydrogens (tertiary/aromatic N) is 2. The summed E-state index contributed by atoms with van der Waals surface area (Å²) in [4.78, 5) is 4.26. The van der Waals surface area contributed by atoms with E-state index in [2.05, 4.69) is 74.8 Å². The molecule has 1 saturated heterocycles. The number of pyridine rings is 1. The Morgan fingerprint density at radius 1 is 1.04 bits per heavy atom. The third-order valence-corrected chi connectivity index (χ3v) is 5.51. The zero-order valence-electron chi connectivity index (χ0n) is 15.4. The van der Waals surface area contributed by atoms with E-state index in [1.54, 1.807) is 6.20 Å². The summed E-state index contributed by atoms with van der Waals surface area (Å²) in [5, 5.41) is 1.18. The topological polar surface area (TPSA) is 36.3 Å². The van der Waals surface area contributed by atoms with E-state index in [-0.39, 0.29) is 18.3 Å². The van der Waals surface area contributed by atoms with Crippen molar-refractivity contribution in [1.82, 2.24) is 9.55 Å². The van der Waals surface area contributed by atoms with Gasteiger partial charge in [-0.15, -0.1) is 0 Å². The van der Waals surface area contributed by atoms with E-state index in [1.807, 2.05) is 12.3 Å². The van der Waals surface area contributed by atoms with Crippen LogP contribution < -0.4 is 5.46 Å². The number of hydrogen-bond donors (Lipinski definition) is 0. The number of benzene rings is 1. The van der Waals surface area contributed by atoms with Crippen LogP contribution >= 0.6 is 0 Å². The van der Waals surface area contributed by atoms with Gasteiger partial charge in [0.05, 0.1) is 11.2 Å². The summed E-state index contributed by atoms with van der Waals surface area (Å²) in [6, 6.07) is 10.5. The summed E-state index contributed by atoms with van der Waals surface area (Å²) in [5.74, 6) is 0. The molecule has 1 aliphatic heterocycles. The van der Waals surface area contributed by atoms with E-state index >= 15 is 0 Å². The standard InChI is InChI=1S/C20H23BN2O2/c1-19(2)20(3,4)25-21(24-19)15-8-9-18-16(11-15)17(13-23(18)5)14-7-6-10-22-12-14/h6-13H,1-5H3. The lowest BCUT2D eigenvalue weighted by Crippen LogP contribution is -2.41. The van der Waals surface area contributed by atoms with Gasteiger partial charge in [-0.1, -0.05) is 18.2 Å². The molecule has 0 radical (unpaired) electrons.